The van der Waals surface area contributed by atoms with Gasteiger partial charge in [0.15, 0.2) is 0 Å². The predicted molar refractivity (Wildman–Crippen MR) is 88.1 cm³/mol. The quantitative estimate of drug-likeness (QED) is 0.175. The minimum absolute atomic E-state index is 0.269. The number of nitrogens with two attached hydrogens (primary N) is 2. The first-order valence-corrected chi connectivity index (χ1v) is 7.89. The Bertz CT molecular complexity index is 473. The van der Waals surface area contributed by atoms with Crippen LogP contribution in [0.2, 0.25) is 0 Å². The monoisotopic (exact) mass is 361 g/mol. The molecule has 0 saturated carbocycles. The lowest BCUT2D eigenvalue weighted by Gasteiger charge is -2.20. The van der Waals surface area contributed by atoms with Crippen LogP contribution in [0.25, 0.3) is 0 Å². The van der Waals surface area contributed by atoms with Gasteiger partial charge in [0, 0.05) is 0 Å². The fourth-order valence-corrected chi connectivity index (χ4v) is 1.76. The Hall–Kier alpha value is -2.24. The van der Waals surface area contributed by atoms with Crippen LogP contribution in [0.1, 0.15) is 26.2 Å². The van der Waals surface area contributed by atoms with Crippen LogP contribution < -0.4 is 27.4 Å². The van der Waals surface area contributed by atoms with Gasteiger partial charge in [0.2, 0.25) is 17.7 Å². The summed E-state index contributed by atoms with van der Waals surface area (Å²) in [4.78, 5) is 46.2. The van der Waals surface area contributed by atoms with Crippen molar-refractivity contribution in [2.24, 2.45) is 11.5 Å². The van der Waals surface area contributed by atoms with Gasteiger partial charge in [-0.3, -0.25) is 19.2 Å². The predicted octanol–water partition coefficient (Wildman–Crippen LogP) is -3.37. The maximum atomic E-state index is 12.1. The lowest BCUT2D eigenvalue weighted by molar-refractivity contribution is -0.141. The van der Waals surface area contributed by atoms with E-state index in [9.17, 15) is 19.2 Å². The minimum Gasteiger partial charge on any atom is -0.480 e. The number of aliphatic carboxylic acids is 1. The molecule has 11 heteroatoms. The average molecular weight is 361 g/mol. The van der Waals surface area contributed by atoms with Crippen LogP contribution in [0, 0.1) is 0 Å². The number of nitrogens with one attached hydrogen (secondary N) is 3. The molecule has 0 aliphatic rings. The fourth-order valence-electron chi connectivity index (χ4n) is 1.76. The number of amides is 3. The molecule has 3 atom stereocenters. The lowest BCUT2D eigenvalue weighted by Crippen LogP contribution is -2.53. The Morgan fingerprint density at radius 2 is 1.72 bits per heavy atom. The van der Waals surface area contributed by atoms with Crippen LogP contribution in [-0.2, 0) is 19.2 Å². The van der Waals surface area contributed by atoms with Crippen molar-refractivity contribution < 1.29 is 29.4 Å². The van der Waals surface area contributed by atoms with E-state index >= 15 is 0 Å². The molecule has 0 aromatic heterocycles. The van der Waals surface area contributed by atoms with E-state index in [2.05, 4.69) is 16.0 Å². The number of aliphatic hydroxyl groups is 1. The standard InChI is InChI=1S/C14H27N5O6/c1-8(14(24)25)18-13(23)10(4-2-3-5-15)19-11(21)6-17-12(22)9(16)7-20/h8-10,20H,2-7,15-16H2,1H3,(H,17,22)(H,18,23)(H,19,21)(H,24,25). The zero-order chi connectivity index (χ0) is 19.4. The summed E-state index contributed by atoms with van der Waals surface area (Å²) in [5.74, 6) is -3.19. The summed E-state index contributed by atoms with van der Waals surface area (Å²) in [7, 11) is 0. The highest BCUT2D eigenvalue weighted by Gasteiger charge is 2.24. The second-order valence-electron chi connectivity index (χ2n) is 5.48. The van der Waals surface area contributed by atoms with Crippen molar-refractivity contribution in [3.63, 3.8) is 0 Å². The van der Waals surface area contributed by atoms with E-state index in [1.165, 1.54) is 6.92 Å². The van der Waals surface area contributed by atoms with Gasteiger partial charge in [0.05, 0.1) is 13.2 Å². The molecule has 144 valence electrons. The highest BCUT2D eigenvalue weighted by molar-refractivity contribution is 5.92. The summed E-state index contributed by atoms with van der Waals surface area (Å²) >= 11 is 0. The van der Waals surface area contributed by atoms with Crippen LogP contribution in [0.4, 0.5) is 0 Å². The summed E-state index contributed by atoms with van der Waals surface area (Å²) in [6.45, 7) is 0.727. The first kappa shape index (κ1) is 22.8. The summed E-state index contributed by atoms with van der Waals surface area (Å²) in [6.07, 6.45) is 1.46. The van der Waals surface area contributed by atoms with E-state index in [4.69, 9.17) is 21.7 Å². The third-order valence-electron chi connectivity index (χ3n) is 3.28. The molecule has 3 amide bonds. The van der Waals surface area contributed by atoms with Gasteiger partial charge in [0.1, 0.15) is 18.1 Å². The summed E-state index contributed by atoms with van der Waals surface area (Å²) in [6, 6.07) is -3.21. The van der Waals surface area contributed by atoms with Gasteiger partial charge < -0.3 is 37.6 Å². The number of carbonyl (C=O) groups excluding carboxylic acids is 3. The van der Waals surface area contributed by atoms with Crippen molar-refractivity contribution in [1.82, 2.24) is 16.0 Å². The van der Waals surface area contributed by atoms with Crippen molar-refractivity contribution in [3.8, 4) is 0 Å². The van der Waals surface area contributed by atoms with Crippen LogP contribution in [0.3, 0.4) is 0 Å². The third kappa shape index (κ3) is 9.59. The maximum absolute atomic E-state index is 12.1. The number of carboxylic acid groups (broad SMARTS) is 1. The highest BCUT2D eigenvalue weighted by Crippen LogP contribution is 2.01. The zero-order valence-electron chi connectivity index (χ0n) is 14.2. The molecule has 0 radical (unpaired) electrons. The van der Waals surface area contributed by atoms with Crippen LogP contribution in [-0.4, -0.2) is 71.7 Å². The third-order valence-corrected chi connectivity index (χ3v) is 3.28. The van der Waals surface area contributed by atoms with Gasteiger partial charge in [-0.1, -0.05) is 0 Å². The van der Waals surface area contributed by atoms with Crippen molar-refractivity contribution in [1.29, 1.82) is 0 Å². The molecular weight excluding hydrogens is 334 g/mol. The van der Waals surface area contributed by atoms with Gasteiger partial charge >= 0.3 is 5.97 Å². The molecule has 3 unspecified atom stereocenters. The maximum Gasteiger partial charge on any atom is 0.325 e. The molecule has 11 nitrogen and oxygen atoms in total. The molecule has 9 N–H and O–H groups in total. The van der Waals surface area contributed by atoms with Crippen LogP contribution in [0.15, 0.2) is 0 Å². The molecule has 0 saturated heterocycles. The second kappa shape index (κ2) is 12.2. The molecule has 0 aromatic rings. The molecule has 0 bridgehead atoms. The van der Waals surface area contributed by atoms with E-state index in [0.29, 0.717) is 19.4 Å². The van der Waals surface area contributed by atoms with Gasteiger partial charge in [-0.15, -0.1) is 0 Å². The smallest absolute Gasteiger partial charge is 0.325 e. The van der Waals surface area contributed by atoms with Crippen molar-refractivity contribution >= 4 is 23.7 Å². The highest BCUT2D eigenvalue weighted by atomic mass is 16.4. The second-order valence-corrected chi connectivity index (χ2v) is 5.48. The number of carboxylic acids is 1. The number of aliphatic hydroxyl groups excluding tert-OH is 1. The molecule has 25 heavy (non-hydrogen) atoms. The number of rotatable bonds is 12. The first-order valence-electron chi connectivity index (χ1n) is 7.89. The summed E-state index contributed by atoms with van der Waals surface area (Å²) < 4.78 is 0. The number of carbonyl (C=O) groups is 4. The van der Waals surface area contributed by atoms with E-state index in [-0.39, 0.29) is 6.42 Å². The topological polar surface area (TPSA) is 197 Å². The Kier molecular flexibility index (Phi) is 11.1. The van der Waals surface area contributed by atoms with Crippen molar-refractivity contribution in [2.45, 2.75) is 44.3 Å². The molecule has 0 fully saturated rings. The van der Waals surface area contributed by atoms with E-state index in [1.54, 1.807) is 0 Å². The van der Waals surface area contributed by atoms with Crippen molar-refractivity contribution in [3.05, 3.63) is 0 Å². The Morgan fingerprint density at radius 3 is 2.24 bits per heavy atom. The Morgan fingerprint density at radius 1 is 1.08 bits per heavy atom. The molecule has 0 rings (SSSR count). The van der Waals surface area contributed by atoms with Gasteiger partial charge in [-0.2, -0.15) is 0 Å². The van der Waals surface area contributed by atoms with E-state index < -0.39 is 55.0 Å². The number of hydrogen-bond acceptors (Lipinski definition) is 7. The first-order chi connectivity index (χ1) is 11.7. The normalized spacial score (nSPS) is 14.1. The van der Waals surface area contributed by atoms with Crippen LogP contribution >= 0.6 is 0 Å². The summed E-state index contributed by atoms with van der Waals surface area (Å²) in [5, 5.41) is 24.5. The van der Waals surface area contributed by atoms with Gasteiger partial charge in [-0.25, -0.2) is 0 Å². The van der Waals surface area contributed by atoms with E-state index in [1.807, 2.05) is 0 Å². The molecule has 0 spiro atoms. The molecule has 0 aromatic carbocycles. The summed E-state index contributed by atoms with van der Waals surface area (Å²) in [5.41, 5.74) is 10.7. The fraction of sp³-hybridized carbons (Fsp3) is 0.714. The lowest BCUT2D eigenvalue weighted by atomic mass is 10.1. The molecular formula is C14H27N5O6. The molecule has 0 aliphatic heterocycles. The number of hydrogen-bond donors (Lipinski definition) is 7. The SMILES string of the molecule is CC(NC(=O)C(CCCCN)NC(=O)CNC(=O)C(N)CO)C(=O)O. The largest absolute Gasteiger partial charge is 0.480 e. The minimum atomic E-state index is -1.20. The van der Waals surface area contributed by atoms with E-state index in [0.717, 1.165) is 0 Å². The Labute approximate surface area is 145 Å². The molecule has 0 aliphatic carbocycles. The number of unbranched alkanes of at least 4 members (excludes halogenated alkanes) is 1. The van der Waals surface area contributed by atoms with Crippen LogP contribution in [0.5, 0.6) is 0 Å². The average Bonchev–Trinajstić information content (AvgIpc) is 2.57. The van der Waals surface area contributed by atoms with Gasteiger partial charge in [0.25, 0.3) is 0 Å². The molecule has 0 heterocycles. The zero-order valence-corrected chi connectivity index (χ0v) is 14.2. The van der Waals surface area contributed by atoms with Gasteiger partial charge in [-0.05, 0) is 32.7 Å². The van der Waals surface area contributed by atoms with Crippen molar-refractivity contribution in [2.75, 3.05) is 19.7 Å². The Balaban J connectivity index is 4.64.